The number of hydrogen-bond donors (Lipinski definition) is 2. The van der Waals surface area contributed by atoms with E-state index in [1.807, 2.05) is 6.07 Å². The van der Waals surface area contributed by atoms with E-state index in [2.05, 4.69) is 5.32 Å². The van der Waals surface area contributed by atoms with E-state index in [4.69, 9.17) is 10.00 Å². The lowest BCUT2D eigenvalue weighted by molar-refractivity contribution is -0.124. The van der Waals surface area contributed by atoms with Gasteiger partial charge in [-0.25, -0.2) is 0 Å². The first kappa shape index (κ1) is 9.96. The van der Waals surface area contributed by atoms with E-state index < -0.39 is 12.0 Å². The Kier molecular flexibility index (Phi) is 3.23. The highest BCUT2D eigenvalue weighted by Crippen LogP contribution is 2.05. The molecule has 1 amide bonds. The largest absolute Gasteiger partial charge is 0.388 e. The maximum Gasteiger partial charge on any atom is 0.237 e. The van der Waals surface area contributed by atoms with Gasteiger partial charge in [0.15, 0.2) is 0 Å². The number of carbonyl (C=O) groups excluding carboxylic acids is 1. The lowest BCUT2D eigenvalue weighted by Crippen LogP contribution is -2.44. The lowest BCUT2D eigenvalue weighted by Gasteiger charge is -2.14. The molecule has 5 nitrogen and oxygen atoms in total. The standard InChI is InChI=1S/C8H12N2O3/c1-5(2-9)8(12)10-6-3-13-4-7(6)11/h5-7,11H,3-4H2,1H3,(H,10,12). The van der Waals surface area contributed by atoms with Gasteiger partial charge in [0.1, 0.15) is 5.92 Å². The predicted molar refractivity (Wildman–Crippen MR) is 43.5 cm³/mol. The molecular formula is C8H12N2O3. The van der Waals surface area contributed by atoms with Gasteiger partial charge < -0.3 is 15.2 Å². The van der Waals surface area contributed by atoms with Gasteiger partial charge in [-0.1, -0.05) is 0 Å². The fourth-order valence-corrected chi connectivity index (χ4v) is 1.05. The van der Waals surface area contributed by atoms with E-state index in [1.54, 1.807) is 0 Å². The molecule has 1 saturated heterocycles. The van der Waals surface area contributed by atoms with Gasteiger partial charge in [0.05, 0.1) is 31.4 Å². The van der Waals surface area contributed by atoms with Crippen LogP contribution in [0.5, 0.6) is 0 Å². The third-order valence-electron chi connectivity index (χ3n) is 1.97. The number of amides is 1. The van der Waals surface area contributed by atoms with Crippen LogP contribution in [0.15, 0.2) is 0 Å². The number of hydrogen-bond acceptors (Lipinski definition) is 4. The summed E-state index contributed by atoms with van der Waals surface area (Å²) in [7, 11) is 0. The minimum Gasteiger partial charge on any atom is -0.388 e. The monoisotopic (exact) mass is 184 g/mol. The van der Waals surface area contributed by atoms with Gasteiger partial charge in [0.25, 0.3) is 0 Å². The maximum atomic E-state index is 11.2. The predicted octanol–water partition coefficient (Wildman–Crippen LogP) is -0.978. The second kappa shape index (κ2) is 4.21. The van der Waals surface area contributed by atoms with Crippen LogP contribution < -0.4 is 5.32 Å². The molecule has 0 aromatic carbocycles. The molecule has 1 aliphatic rings. The summed E-state index contributed by atoms with van der Waals surface area (Å²) in [6, 6.07) is 1.45. The molecule has 1 fully saturated rings. The Balaban J connectivity index is 2.40. The average Bonchev–Trinajstić information content (AvgIpc) is 2.50. The number of nitriles is 1. The van der Waals surface area contributed by atoms with Gasteiger partial charge in [0, 0.05) is 0 Å². The molecule has 0 saturated carbocycles. The molecule has 1 rings (SSSR count). The average molecular weight is 184 g/mol. The number of aliphatic hydroxyl groups excluding tert-OH is 1. The molecule has 1 aliphatic heterocycles. The van der Waals surface area contributed by atoms with Crippen molar-refractivity contribution in [1.82, 2.24) is 5.32 Å². The van der Waals surface area contributed by atoms with E-state index in [0.29, 0.717) is 6.61 Å². The third kappa shape index (κ3) is 2.41. The van der Waals surface area contributed by atoms with Crippen LogP contribution in [0.2, 0.25) is 0 Å². The maximum absolute atomic E-state index is 11.2. The van der Waals surface area contributed by atoms with Crippen molar-refractivity contribution in [3.63, 3.8) is 0 Å². The summed E-state index contributed by atoms with van der Waals surface area (Å²) in [5.41, 5.74) is 0. The second-order valence-electron chi connectivity index (χ2n) is 3.07. The highest BCUT2D eigenvalue weighted by Gasteiger charge is 2.28. The SMILES string of the molecule is CC(C#N)C(=O)NC1COCC1O. The lowest BCUT2D eigenvalue weighted by atomic mass is 10.1. The Morgan fingerprint density at radius 2 is 2.46 bits per heavy atom. The van der Waals surface area contributed by atoms with Crippen LogP contribution in [0.4, 0.5) is 0 Å². The van der Waals surface area contributed by atoms with Gasteiger partial charge >= 0.3 is 0 Å². The van der Waals surface area contributed by atoms with Crippen LogP contribution in [0.25, 0.3) is 0 Å². The Bertz CT molecular complexity index is 236. The molecule has 2 N–H and O–H groups in total. The smallest absolute Gasteiger partial charge is 0.237 e. The quantitative estimate of drug-likeness (QED) is 0.578. The van der Waals surface area contributed by atoms with E-state index in [9.17, 15) is 9.90 Å². The second-order valence-corrected chi connectivity index (χ2v) is 3.07. The molecule has 0 radical (unpaired) electrons. The summed E-state index contributed by atoms with van der Waals surface area (Å²) in [5.74, 6) is -1.05. The molecule has 1 heterocycles. The topological polar surface area (TPSA) is 82.4 Å². The Hall–Kier alpha value is -1.12. The van der Waals surface area contributed by atoms with E-state index in [-0.39, 0.29) is 18.6 Å². The molecular weight excluding hydrogens is 172 g/mol. The first-order valence-corrected chi connectivity index (χ1v) is 4.11. The summed E-state index contributed by atoms with van der Waals surface area (Å²) in [6.07, 6.45) is -0.658. The third-order valence-corrected chi connectivity index (χ3v) is 1.97. The van der Waals surface area contributed by atoms with Crippen molar-refractivity contribution in [2.45, 2.75) is 19.1 Å². The Morgan fingerprint density at radius 1 is 1.77 bits per heavy atom. The molecule has 5 heteroatoms. The molecule has 0 aliphatic carbocycles. The van der Waals surface area contributed by atoms with Crippen molar-refractivity contribution in [3.05, 3.63) is 0 Å². The molecule has 0 aromatic rings. The van der Waals surface area contributed by atoms with Crippen LogP contribution in [0.1, 0.15) is 6.92 Å². The number of nitrogens with one attached hydrogen (secondary N) is 1. The van der Waals surface area contributed by atoms with Gasteiger partial charge in [-0.15, -0.1) is 0 Å². The number of rotatable bonds is 2. The Morgan fingerprint density at radius 3 is 2.92 bits per heavy atom. The fourth-order valence-electron chi connectivity index (χ4n) is 1.05. The van der Waals surface area contributed by atoms with Gasteiger partial charge in [-0.2, -0.15) is 5.26 Å². The number of carbonyl (C=O) groups is 1. The van der Waals surface area contributed by atoms with Crippen LogP contribution in [0, 0.1) is 17.2 Å². The van der Waals surface area contributed by atoms with Crippen molar-refractivity contribution >= 4 is 5.91 Å². The minimum atomic E-state index is -0.687. The number of aliphatic hydroxyl groups is 1. The highest BCUT2D eigenvalue weighted by atomic mass is 16.5. The van der Waals surface area contributed by atoms with Gasteiger partial charge in [-0.05, 0) is 6.92 Å². The molecule has 13 heavy (non-hydrogen) atoms. The molecule has 72 valence electrons. The number of nitrogens with zero attached hydrogens (tertiary/aromatic N) is 1. The van der Waals surface area contributed by atoms with Crippen LogP contribution in [-0.2, 0) is 9.53 Å². The summed E-state index contributed by atoms with van der Waals surface area (Å²) in [6.45, 7) is 2.06. The zero-order valence-corrected chi connectivity index (χ0v) is 7.36. The van der Waals surface area contributed by atoms with Crippen LogP contribution in [0.3, 0.4) is 0 Å². The molecule has 0 bridgehead atoms. The van der Waals surface area contributed by atoms with Crippen molar-refractivity contribution in [1.29, 1.82) is 5.26 Å². The van der Waals surface area contributed by atoms with Crippen molar-refractivity contribution in [2.75, 3.05) is 13.2 Å². The van der Waals surface area contributed by atoms with E-state index in [1.165, 1.54) is 6.92 Å². The Labute approximate surface area is 76.3 Å². The zero-order valence-electron chi connectivity index (χ0n) is 7.36. The van der Waals surface area contributed by atoms with Crippen molar-refractivity contribution in [2.24, 2.45) is 5.92 Å². The zero-order chi connectivity index (χ0) is 9.84. The van der Waals surface area contributed by atoms with Crippen molar-refractivity contribution in [3.8, 4) is 6.07 Å². The summed E-state index contributed by atoms with van der Waals surface area (Å²) >= 11 is 0. The highest BCUT2D eigenvalue weighted by molar-refractivity contribution is 5.80. The summed E-state index contributed by atoms with van der Waals surface area (Å²) in [4.78, 5) is 11.2. The van der Waals surface area contributed by atoms with Crippen LogP contribution >= 0.6 is 0 Å². The number of ether oxygens (including phenoxy) is 1. The molecule has 3 atom stereocenters. The molecule has 0 aromatic heterocycles. The normalized spacial score (nSPS) is 29.3. The molecule has 0 spiro atoms. The summed E-state index contributed by atoms with van der Waals surface area (Å²) in [5, 5.41) is 20.3. The van der Waals surface area contributed by atoms with Crippen LogP contribution in [-0.4, -0.2) is 36.4 Å². The fraction of sp³-hybridized carbons (Fsp3) is 0.750. The molecule has 3 unspecified atom stereocenters. The van der Waals surface area contributed by atoms with E-state index in [0.717, 1.165) is 0 Å². The van der Waals surface area contributed by atoms with Crippen molar-refractivity contribution < 1.29 is 14.6 Å². The summed E-state index contributed by atoms with van der Waals surface area (Å²) < 4.78 is 4.94. The van der Waals surface area contributed by atoms with E-state index >= 15 is 0 Å². The first-order chi connectivity index (χ1) is 6.15. The first-order valence-electron chi connectivity index (χ1n) is 4.11. The minimum absolute atomic E-state index is 0.242. The van der Waals surface area contributed by atoms with Gasteiger partial charge in [-0.3, -0.25) is 4.79 Å². The van der Waals surface area contributed by atoms with Gasteiger partial charge in [0.2, 0.25) is 5.91 Å².